The molecule has 1 aromatic rings. The molecule has 1 aromatic heterocycles. The Morgan fingerprint density at radius 2 is 2.40 bits per heavy atom. The van der Waals surface area contributed by atoms with Crippen molar-refractivity contribution in [3.63, 3.8) is 0 Å². The van der Waals surface area contributed by atoms with Gasteiger partial charge in [0.1, 0.15) is 0 Å². The Hall–Kier alpha value is -1.52. The van der Waals surface area contributed by atoms with Crippen LogP contribution in [0.15, 0.2) is 0 Å². The van der Waals surface area contributed by atoms with Crippen molar-refractivity contribution in [2.75, 3.05) is 6.61 Å². The number of carboxylic acid groups (broad SMARTS) is 1. The van der Waals surface area contributed by atoms with E-state index in [4.69, 9.17) is 9.84 Å². The standard InChI is InChI=1S/C10H14N2O3/c1-2-7-8(10(13)14)11-12-5-3-4-6-15-9(7)12/h2-6H2,1H3,(H,13,14). The molecule has 5 heteroatoms. The number of hydrogen-bond acceptors (Lipinski definition) is 3. The maximum atomic E-state index is 11.0. The molecule has 5 nitrogen and oxygen atoms in total. The van der Waals surface area contributed by atoms with Crippen molar-refractivity contribution in [2.45, 2.75) is 32.7 Å². The average molecular weight is 210 g/mol. The highest BCUT2D eigenvalue weighted by molar-refractivity contribution is 5.87. The van der Waals surface area contributed by atoms with Crippen LogP contribution in [0.25, 0.3) is 0 Å². The zero-order chi connectivity index (χ0) is 10.8. The Balaban J connectivity index is 2.47. The fourth-order valence-electron chi connectivity index (χ4n) is 1.82. The van der Waals surface area contributed by atoms with Crippen LogP contribution in [0, 0.1) is 0 Å². The summed E-state index contributed by atoms with van der Waals surface area (Å²) in [5, 5.41) is 13.1. The first-order valence-electron chi connectivity index (χ1n) is 5.19. The summed E-state index contributed by atoms with van der Waals surface area (Å²) in [6.07, 6.45) is 2.61. The lowest BCUT2D eigenvalue weighted by Crippen LogP contribution is -2.03. The number of rotatable bonds is 2. The molecule has 1 N–H and O–H groups in total. The summed E-state index contributed by atoms with van der Waals surface area (Å²) in [5.74, 6) is -0.330. The molecule has 2 rings (SSSR count). The van der Waals surface area contributed by atoms with Crippen LogP contribution < -0.4 is 4.74 Å². The molecule has 0 aliphatic carbocycles. The van der Waals surface area contributed by atoms with E-state index in [0.29, 0.717) is 24.5 Å². The van der Waals surface area contributed by atoms with Gasteiger partial charge >= 0.3 is 5.97 Å². The zero-order valence-corrected chi connectivity index (χ0v) is 8.69. The van der Waals surface area contributed by atoms with Crippen LogP contribution in [0.4, 0.5) is 0 Å². The number of ether oxygens (including phenoxy) is 1. The van der Waals surface area contributed by atoms with Gasteiger partial charge in [0.2, 0.25) is 5.88 Å². The van der Waals surface area contributed by atoms with Gasteiger partial charge in [-0.25, -0.2) is 9.48 Å². The lowest BCUT2D eigenvalue weighted by atomic mass is 10.2. The molecule has 0 saturated heterocycles. The van der Waals surface area contributed by atoms with Crippen LogP contribution in [0.2, 0.25) is 0 Å². The first kappa shape index (κ1) is 10.0. The van der Waals surface area contributed by atoms with Crippen molar-refractivity contribution in [2.24, 2.45) is 0 Å². The molecule has 15 heavy (non-hydrogen) atoms. The van der Waals surface area contributed by atoms with E-state index < -0.39 is 5.97 Å². The van der Waals surface area contributed by atoms with Crippen molar-refractivity contribution in [1.29, 1.82) is 0 Å². The molecule has 0 fully saturated rings. The second kappa shape index (κ2) is 3.92. The van der Waals surface area contributed by atoms with Crippen LogP contribution in [-0.4, -0.2) is 27.5 Å². The van der Waals surface area contributed by atoms with E-state index in [1.165, 1.54) is 0 Å². The number of nitrogens with zero attached hydrogens (tertiary/aromatic N) is 2. The molecule has 0 amide bonds. The van der Waals surface area contributed by atoms with Crippen LogP contribution in [0.1, 0.15) is 35.8 Å². The van der Waals surface area contributed by atoms with Gasteiger partial charge in [0.05, 0.1) is 6.61 Å². The number of carboxylic acids is 1. The van der Waals surface area contributed by atoms with E-state index in [1.54, 1.807) is 4.68 Å². The lowest BCUT2D eigenvalue weighted by Gasteiger charge is -2.04. The molecule has 1 aliphatic heterocycles. The molecular formula is C10H14N2O3. The summed E-state index contributed by atoms with van der Waals surface area (Å²) < 4.78 is 7.21. The number of aryl methyl sites for hydroxylation is 1. The van der Waals surface area contributed by atoms with Gasteiger partial charge in [-0.1, -0.05) is 6.92 Å². The van der Waals surface area contributed by atoms with Gasteiger partial charge in [0.15, 0.2) is 5.69 Å². The molecule has 0 bridgehead atoms. The minimum atomic E-state index is -0.976. The van der Waals surface area contributed by atoms with Gasteiger partial charge in [-0.05, 0) is 19.3 Å². The zero-order valence-electron chi connectivity index (χ0n) is 8.69. The molecule has 2 heterocycles. The molecule has 0 spiro atoms. The third kappa shape index (κ3) is 1.69. The highest BCUT2D eigenvalue weighted by Crippen LogP contribution is 2.26. The fraction of sp³-hybridized carbons (Fsp3) is 0.600. The number of hydrogen-bond donors (Lipinski definition) is 1. The Morgan fingerprint density at radius 3 is 3.07 bits per heavy atom. The first-order chi connectivity index (χ1) is 7.24. The molecule has 0 atom stereocenters. The van der Waals surface area contributed by atoms with Gasteiger partial charge in [-0.3, -0.25) is 0 Å². The van der Waals surface area contributed by atoms with Gasteiger partial charge in [-0.15, -0.1) is 0 Å². The van der Waals surface area contributed by atoms with E-state index in [-0.39, 0.29) is 5.69 Å². The SMILES string of the molecule is CCc1c(C(=O)O)nn2c1OCCCC2. The van der Waals surface area contributed by atoms with Crippen LogP contribution in [0.3, 0.4) is 0 Å². The Morgan fingerprint density at radius 1 is 1.60 bits per heavy atom. The van der Waals surface area contributed by atoms with Crippen molar-refractivity contribution < 1.29 is 14.6 Å². The topological polar surface area (TPSA) is 64.3 Å². The minimum absolute atomic E-state index is 0.134. The highest BCUT2D eigenvalue weighted by Gasteiger charge is 2.23. The molecular weight excluding hydrogens is 196 g/mol. The predicted octanol–water partition coefficient (Wildman–Crippen LogP) is 1.32. The van der Waals surface area contributed by atoms with Crippen LogP contribution >= 0.6 is 0 Å². The smallest absolute Gasteiger partial charge is 0.356 e. The summed E-state index contributed by atoms with van der Waals surface area (Å²) >= 11 is 0. The second-order valence-corrected chi connectivity index (χ2v) is 3.57. The van der Waals surface area contributed by atoms with Gasteiger partial charge in [0.25, 0.3) is 0 Å². The average Bonchev–Trinajstić information content (AvgIpc) is 2.40. The molecule has 1 aliphatic rings. The predicted molar refractivity (Wildman–Crippen MR) is 53.3 cm³/mol. The molecule has 0 radical (unpaired) electrons. The van der Waals surface area contributed by atoms with Crippen molar-refractivity contribution in [1.82, 2.24) is 9.78 Å². The van der Waals surface area contributed by atoms with Crippen molar-refractivity contribution in [3.8, 4) is 5.88 Å². The third-order valence-electron chi connectivity index (χ3n) is 2.56. The quantitative estimate of drug-likeness (QED) is 0.799. The van der Waals surface area contributed by atoms with E-state index >= 15 is 0 Å². The van der Waals surface area contributed by atoms with Gasteiger partial charge in [0, 0.05) is 12.1 Å². The summed E-state index contributed by atoms with van der Waals surface area (Å²) in [6, 6.07) is 0. The van der Waals surface area contributed by atoms with E-state index in [1.807, 2.05) is 6.92 Å². The molecule has 0 unspecified atom stereocenters. The highest BCUT2D eigenvalue weighted by atomic mass is 16.5. The normalized spacial score (nSPS) is 15.3. The Labute approximate surface area is 87.7 Å². The maximum Gasteiger partial charge on any atom is 0.356 e. The van der Waals surface area contributed by atoms with Crippen LogP contribution in [-0.2, 0) is 13.0 Å². The molecule has 0 aromatic carbocycles. The summed E-state index contributed by atoms with van der Waals surface area (Å²) in [5.41, 5.74) is 0.846. The summed E-state index contributed by atoms with van der Waals surface area (Å²) in [7, 11) is 0. The maximum absolute atomic E-state index is 11.0. The van der Waals surface area contributed by atoms with Gasteiger partial charge in [-0.2, -0.15) is 5.10 Å². The van der Waals surface area contributed by atoms with Crippen molar-refractivity contribution >= 4 is 5.97 Å². The minimum Gasteiger partial charge on any atom is -0.478 e. The Kier molecular flexibility index (Phi) is 2.62. The lowest BCUT2D eigenvalue weighted by molar-refractivity contribution is 0.0688. The van der Waals surface area contributed by atoms with E-state index in [0.717, 1.165) is 19.4 Å². The largest absolute Gasteiger partial charge is 0.478 e. The molecule has 82 valence electrons. The number of aromatic carboxylic acids is 1. The van der Waals surface area contributed by atoms with E-state index in [9.17, 15) is 4.79 Å². The van der Waals surface area contributed by atoms with E-state index in [2.05, 4.69) is 5.10 Å². The summed E-state index contributed by atoms with van der Waals surface area (Å²) in [6.45, 7) is 3.31. The Bertz CT molecular complexity index is 384. The number of aromatic nitrogens is 2. The fourth-order valence-corrected chi connectivity index (χ4v) is 1.82. The van der Waals surface area contributed by atoms with Gasteiger partial charge < -0.3 is 9.84 Å². The van der Waals surface area contributed by atoms with Crippen LogP contribution in [0.5, 0.6) is 5.88 Å². The van der Waals surface area contributed by atoms with Crippen molar-refractivity contribution in [3.05, 3.63) is 11.3 Å². The first-order valence-corrected chi connectivity index (χ1v) is 5.19. The third-order valence-corrected chi connectivity index (χ3v) is 2.56. The molecule has 0 saturated carbocycles. The second-order valence-electron chi connectivity index (χ2n) is 3.57. The number of fused-ring (bicyclic) bond motifs is 1. The number of carbonyl (C=O) groups is 1. The summed E-state index contributed by atoms with van der Waals surface area (Å²) in [4.78, 5) is 11.0. The monoisotopic (exact) mass is 210 g/mol.